The van der Waals surface area contributed by atoms with Crippen molar-refractivity contribution in [3.8, 4) is 0 Å². The standard InChI is InChI=1S/C26H33NO2/c1-7-27(20-11-9-19(10-12-20)25(28)29-8-2)21-13-14-23-22(18(3)4)15-16-26(5,6)24(23)17-21/h9-15,17-18H,7-8,16H2,1-6H3. The van der Waals surface area contributed by atoms with E-state index in [4.69, 9.17) is 4.74 Å². The first-order valence-corrected chi connectivity index (χ1v) is 10.7. The maximum Gasteiger partial charge on any atom is 0.338 e. The van der Waals surface area contributed by atoms with Crippen LogP contribution in [0.25, 0.3) is 5.57 Å². The highest BCUT2D eigenvalue weighted by Crippen LogP contribution is 2.43. The van der Waals surface area contributed by atoms with Crippen molar-refractivity contribution in [3.05, 3.63) is 65.2 Å². The Morgan fingerprint density at radius 3 is 2.31 bits per heavy atom. The number of fused-ring (bicyclic) bond motifs is 1. The summed E-state index contributed by atoms with van der Waals surface area (Å²) >= 11 is 0. The summed E-state index contributed by atoms with van der Waals surface area (Å²) < 4.78 is 5.10. The fourth-order valence-corrected chi connectivity index (χ4v) is 4.15. The van der Waals surface area contributed by atoms with Crippen molar-refractivity contribution in [3.63, 3.8) is 0 Å². The van der Waals surface area contributed by atoms with E-state index < -0.39 is 0 Å². The van der Waals surface area contributed by atoms with Crippen LogP contribution in [0.1, 0.15) is 69.4 Å². The predicted octanol–water partition coefficient (Wildman–Crippen LogP) is 6.74. The molecule has 0 unspecified atom stereocenters. The Bertz CT molecular complexity index is 907. The van der Waals surface area contributed by atoms with E-state index in [2.05, 4.69) is 63.8 Å². The van der Waals surface area contributed by atoms with Crippen LogP contribution in [0.3, 0.4) is 0 Å². The lowest BCUT2D eigenvalue weighted by Gasteiger charge is -2.35. The van der Waals surface area contributed by atoms with Gasteiger partial charge in [0.1, 0.15) is 0 Å². The van der Waals surface area contributed by atoms with E-state index in [0.29, 0.717) is 18.1 Å². The predicted molar refractivity (Wildman–Crippen MR) is 122 cm³/mol. The van der Waals surface area contributed by atoms with Crippen LogP contribution < -0.4 is 4.90 Å². The third kappa shape index (κ3) is 4.24. The van der Waals surface area contributed by atoms with Crippen LogP contribution in [0.4, 0.5) is 11.4 Å². The summed E-state index contributed by atoms with van der Waals surface area (Å²) in [7, 11) is 0. The molecule has 0 N–H and O–H groups in total. The van der Waals surface area contributed by atoms with Crippen LogP contribution in [0, 0.1) is 5.92 Å². The molecule has 1 aliphatic carbocycles. The molecule has 1 aliphatic rings. The number of hydrogen-bond donors (Lipinski definition) is 0. The zero-order valence-electron chi connectivity index (χ0n) is 18.6. The van der Waals surface area contributed by atoms with Gasteiger partial charge in [-0.2, -0.15) is 0 Å². The fraction of sp³-hybridized carbons (Fsp3) is 0.423. The molecule has 0 radical (unpaired) electrons. The molecule has 0 amide bonds. The summed E-state index contributed by atoms with van der Waals surface area (Å²) in [6.45, 7) is 14.4. The van der Waals surface area contributed by atoms with Crippen molar-refractivity contribution in [1.82, 2.24) is 0 Å². The lowest BCUT2D eigenvalue weighted by Crippen LogP contribution is -2.24. The lowest BCUT2D eigenvalue weighted by atomic mass is 9.71. The zero-order valence-corrected chi connectivity index (χ0v) is 18.6. The molecule has 2 aromatic rings. The van der Waals surface area contributed by atoms with Gasteiger partial charge < -0.3 is 9.64 Å². The first-order valence-electron chi connectivity index (χ1n) is 10.7. The molecule has 0 saturated carbocycles. The van der Waals surface area contributed by atoms with Crippen LogP contribution in [-0.4, -0.2) is 19.1 Å². The number of carbonyl (C=O) groups excluding carboxylic acids is 1. The molecule has 0 saturated heterocycles. The molecule has 2 aromatic carbocycles. The molecule has 0 bridgehead atoms. The highest BCUT2D eigenvalue weighted by atomic mass is 16.5. The number of nitrogens with zero attached hydrogens (tertiary/aromatic N) is 1. The van der Waals surface area contributed by atoms with E-state index in [-0.39, 0.29) is 11.4 Å². The van der Waals surface area contributed by atoms with E-state index in [1.54, 1.807) is 0 Å². The SMILES string of the molecule is CCOC(=O)c1ccc(N(CC)c2ccc3c(c2)C(C)(C)CC=C3C(C)C)cc1. The van der Waals surface area contributed by atoms with Crippen molar-refractivity contribution < 1.29 is 9.53 Å². The summed E-state index contributed by atoms with van der Waals surface area (Å²) in [4.78, 5) is 14.2. The summed E-state index contributed by atoms with van der Waals surface area (Å²) in [6.07, 6.45) is 3.48. The van der Waals surface area contributed by atoms with Gasteiger partial charge >= 0.3 is 5.97 Å². The molecular weight excluding hydrogens is 358 g/mol. The van der Waals surface area contributed by atoms with Crippen LogP contribution in [0.5, 0.6) is 0 Å². The molecule has 3 heteroatoms. The average Bonchev–Trinajstić information content (AvgIpc) is 2.69. The zero-order chi connectivity index (χ0) is 21.2. The minimum Gasteiger partial charge on any atom is -0.462 e. The first-order chi connectivity index (χ1) is 13.8. The second-order valence-corrected chi connectivity index (χ2v) is 8.64. The second kappa shape index (κ2) is 8.44. The lowest BCUT2D eigenvalue weighted by molar-refractivity contribution is 0.0526. The van der Waals surface area contributed by atoms with Crippen molar-refractivity contribution >= 4 is 22.9 Å². The van der Waals surface area contributed by atoms with Gasteiger partial charge in [-0.15, -0.1) is 0 Å². The highest BCUT2D eigenvalue weighted by molar-refractivity contribution is 5.90. The third-order valence-corrected chi connectivity index (χ3v) is 5.82. The maximum atomic E-state index is 11.9. The minimum absolute atomic E-state index is 0.122. The Labute approximate surface area is 175 Å². The quantitative estimate of drug-likeness (QED) is 0.511. The van der Waals surface area contributed by atoms with Gasteiger partial charge in [-0.25, -0.2) is 4.79 Å². The van der Waals surface area contributed by atoms with Crippen molar-refractivity contribution in [1.29, 1.82) is 0 Å². The van der Waals surface area contributed by atoms with Crippen LogP contribution in [0.2, 0.25) is 0 Å². The van der Waals surface area contributed by atoms with Crippen molar-refractivity contribution in [2.75, 3.05) is 18.1 Å². The van der Waals surface area contributed by atoms with Crippen LogP contribution >= 0.6 is 0 Å². The maximum absolute atomic E-state index is 11.9. The van der Waals surface area contributed by atoms with E-state index in [1.165, 1.54) is 22.4 Å². The fourth-order valence-electron chi connectivity index (χ4n) is 4.15. The number of ether oxygens (including phenoxy) is 1. The molecule has 0 fully saturated rings. The second-order valence-electron chi connectivity index (χ2n) is 8.64. The van der Waals surface area contributed by atoms with E-state index in [9.17, 15) is 4.79 Å². The largest absolute Gasteiger partial charge is 0.462 e. The molecule has 0 aromatic heterocycles. The van der Waals surface area contributed by atoms with Gasteiger partial charge in [-0.1, -0.05) is 39.8 Å². The molecule has 3 nitrogen and oxygen atoms in total. The van der Waals surface area contributed by atoms with Gasteiger partial charge in [-0.05, 0) is 84.7 Å². The Hall–Kier alpha value is -2.55. The molecular formula is C26H33NO2. The normalized spacial score (nSPS) is 14.9. The Kier molecular flexibility index (Phi) is 6.16. The van der Waals surface area contributed by atoms with E-state index in [1.807, 2.05) is 31.2 Å². The third-order valence-electron chi connectivity index (χ3n) is 5.82. The number of hydrogen-bond acceptors (Lipinski definition) is 3. The van der Waals surface area contributed by atoms with Crippen molar-refractivity contribution in [2.45, 2.75) is 53.4 Å². The van der Waals surface area contributed by atoms with Crippen molar-refractivity contribution in [2.24, 2.45) is 5.92 Å². The topological polar surface area (TPSA) is 29.5 Å². The van der Waals surface area contributed by atoms with Crippen LogP contribution in [-0.2, 0) is 10.2 Å². The summed E-state index contributed by atoms with van der Waals surface area (Å²) in [5, 5.41) is 0. The average molecular weight is 392 g/mol. The Morgan fingerprint density at radius 2 is 1.72 bits per heavy atom. The molecule has 0 aliphatic heterocycles. The number of benzene rings is 2. The molecule has 0 atom stereocenters. The number of anilines is 2. The molecule has 154 valence electrons. The monoisotopic (exact) mass is 391 g/mol. The van der Waals surface area contributed by atoms with Gasteiger partial charge in [-0.3, -0.25) is 0 Å². The molecule has 3 rings (SSSR count). The van der Waals surface area contributed by atoms with Gasteiger partial charge in [0.05, 0.1) is 12.2 Å². The first kappa shape index (κ1) is 21.2. The molecule has 29 heavy (non-hydrogen) atoms. The summed E-state index contributed by atoms with van der Waals surface area (Å²) in [6, 6.07) is 14.6. The Morgan fingerprint density at radius 1 is 1.07 bits per heavy atom. The summed E-state index contributed by atoms with van der Waals surface area (Å²) in [5.74, 6) is 0.249. The van der Waals surface area contributed by atoms with Gasteiger partial charge in [0.25, 0.3) is 0 Å². The Balaban J connectivity index is 1.97. The number of rotatable bonds is 6. The van der Waals surface area contributed by atoms with Gasteiger partial charge in [0.2, 0.25) is 0 Å². The van der Waals surface area contributed by atoms with Gasteiger partial charge in [0, 0.05) is 17.9 Å². The van der Waals surface area contributed by atoms with Gasteiger partial charge in [0.15, 0.2) is 0 Å². The summed E-state index contributed by atoms with van der Waals surface area (Å²) in [5.41, 5.74) is 7.23. The molecule has 0 spiro atoms. The molecule has 0 heterocycles. The minimum atomic E-state index is -0.273. The van der Waals surface area contributed by atoms with Crippen LogP contribution in [0.15, 0.2) is 48.5 Å². The highest BCUT2D eigenvalue weighted by Gasteiger charge is 2.29. The van der Waals surface area contributed by atoms with E-state index in [0.717, 1.165) is 18.7 Å². The number of allylic oxidation sites excluding steroid dienone is 2. The number of esters is 1. The smallest absolute Gasteiger partial charge is 0.338 e. The van der Waals surface area contributed by atoms with E-state index >= 15 is 0 Å². The number of carbonyl (C=O) groups is 1.